The largest absolute Gasteiger partial charge is 0.507 e. The van der Waals surface area contributed by atoms with Crippen molar-refractivity contribution in [3.8, 4) is 11.5 Å². The molecule has 6 nitrogen and oxygen atoms in total. The van der Waals surface area contributed by atoms with E-state index in [-0.39, 0.29) is 22.0 Å². The van der Waals surface area contributed by atoms with Crippen LogP contribution in [-0.4, -0.2) is 30.4 Å². The molecule has 0 spiro atoms. The first-order valence-corrected chi connectivity index (χ1v) is 8.62. The predicted molar refractivity (Wildman–Crippen MR) is 88.1 cm³/mol. The number of aromatic carboxylic acids is 1. The molecule has 0 bridgehead atoms. The smallest absolute Gasteiger partial charge is 0.339 e. The third kappa shape index (κ3) is 4.36. The lowest BCUT2D eigenvalue weighted by Crippen LogP contribution is -2.04. The van der Waals surface area contributed by atoms with Gasteiger partial charge in [-0.2, -0.15) is 0 Å². The minimum Gasteiger partial charge on any atom is -0.507 e. The minimum absolute atomic E-state index is 0.196. The molecule has 0 aliphatic heterocycles. The van der Waals surface area contributed by atoms with Crippen LogP contribution in [0.1, 0.15) is 15.9 Å². The zero-order valence-electron chi connectivity index (χ0n) is 12.8. The Morgan fingerprint density at radius 1 is 1.17 bits per heavy atom. The van der Waals surface area contributed by atoms with Crippen LogP contribution in [0.4, 0.5) is 0 Å². The van der Waals surface area contributed by atoms with E-state index >= 15 is 0 Å². The van der Waals surface area contributed by atoms with Crippen LogP contribution < -0.4 is 4.74 Å². The molecule has 0 aromatic heterocycles. The number of rotatable bonds is 6. The average Bonchev–Trinajstić information content (AvgIpc) is 2.52. The van der Waals surface area contributed by atoms with Crippen molar-refractivity contribution in [3.63, 3.8) is 0 Å². The van der Waals surface area contributed by atoms with Crippen LogP contribution in [0.15, 0.2) is 59.7 Å². The van der Waals surface area contributed by atoms with Gasteiger partial charge >= 0.3 is 5.97 Å². The fraction of sp³-hybridized carbons (Fsp3) is 0.118. The molecule has 0 heterocycles. The number of carboxylic acids is 1. The summed E-state index contributed by atoms with van der Waals surface area (Å²) in [5.74, 6) is -1.73. The SMILES string of the molecule is Cc1ccc(S(=O)(=O)CC=COc2ccc(C(=O)O)c(O)c2)cc1. The maximum Gasteiger partial charge on any atom is 0.339 e. The molecule has 0 fully saturated rings. The van der Waals surface area contributed by atoms with Crippen molar-refractivity contribution in [2.45, 2.75) is 11.8 Å². The van der Waals surface area contributed by atoms with E-state index in [1.165, 1.54) is 24.5 Å². The zero-order chi connectivity index (χ0) is 17.7. The Bertz CT molecular complexity index is 866. The van der Waals surface area contributed by atoms with Crippen LogP contribution in [0.2, 0.25) is 0 Å². The molecule has 0 aliphatic rings. The van der Waals surface area contributed by atoms with Gasteiger partial charge in [0.1, 0.15) is 17.1 Å². The number of aromatic hydroxyl groups is 1. The van der Waals surface area contributed by atoms with Crippen molar-refractivity contribution in [1.29, 1.82) is 0 Å². The first-order chi connectivity index (χ1) is 11.3. The van der Waals surface area contributed by atoms with Crippen LogP contribution in [0.5, 0.6) is 11.5 Å². The van der Waals surface area contributed by atoms with Gasteiger partial charge < -0.3 is 14.9 Å². The Labute approximate surface area is 139 Å². The fourth-order valence-corrected chi connectivity index (χ4v) is 2.98. The molecule has 0 amide bonds. The lowest BCUT2D eigenvalue weighted by atomic mass is 10.2. The molecule has 0 unspecified atom stereocenters. The summed E-state index contributed by atoms with van der Waals surface area (Å²) in [7, 11) is -3.45. The van der Waals surface area contributed by atoms with E-state index in [4.69, 9.17) is 9.84 Å². The number of aryl methyl sites for hydroxylation is 1. The van der Waals surface area contributed by atoms with Crippen LogP contribution in [0, 0.1) is 6.92 Å². The van der Waals surface area contributed by atoms with Gasteiger partial charge in [-0.25, -0.2) is 13.2 Å². The van der Waals surface area contributed by atoms with E-state index in [2.05, 4.69) is 0 Å². The first-order valence-electron chi connectivity index (χ1n) is 6.97. The number of hydrogen-bond donors (Lipinski definition) is 2. The number of carboxylic acid groups (broad SMARTS) is 1. The van der Waals surface area contributed by atoms with Crippen molar-refractivity contribution in [2.75, 3.05) is 5.75 Å². The Morgan fingerprint density at radius 3 is 2.42 bits per heavy atom. The third-order valence-corrected chi connectivity index (χ3v) is 4.82. The van der Waals surface area contributed by atoms with Crippen molar-refractivity contribution < 1.29 is 28.2 Å². The predicted octanol–water partition coefficient (Wildman–Crippen LogP) is 2.77. The maximum atomic E-state index is 12.1. The first kappa shape index (κ1) is 17.6. The van der Waals surface area contributed by atoms with Gasteiger partial charge in [0.05, 0.1) is 16.9 Å². The van der Waals surface area contributed by atoms with Crippen LogP contribution in [0.3, 0.4) is 0 Å². The normalized spacial score (nSPS) is 11.5. The number of phenols is 1. The van der Waals surface area contributed by atoms with Crippen molar-refractivity contribution in [3.05, 3.63) is 65.9 Å². The Morgan fingerprint density at radius 2 is 1.83 bits per heavy atom. The van der Waals surface area contributed by atoms with Crippen LogP contribution >= 0.6 is 0 Å². The highest BCUT2D eigenvalue weighted by Gasteiger charge is 2.12. The van der Waals surface area contributed by atoms with E-state index in [0.29, 0.717) is 0 Å². The number of carbonyl (C=O) groups is 1. The van der Waals surface area contributed by atoms with Gasteiger partial charge in [-0.1, -0.05) is 17.7 Å². The number of benzene rings is 2. The van der Waals surface area contributed by atoms with Gasteiger partial charge in [-0.15, -0.1) is 0 Å². The summed E-state index contributed by atoms with van der Waals surface area (Å²) >= 11 is 0. The summed E-state index contributed by atoms with van der Waals surface area (Å²) in [6.07, 6.45) is 2.51. The van der Waals surface area contributed by atoms with Gasteiger partial charge in [0.2, 0.25) is 0 Å². The topological polar surface area (TPSA) is 101 Å². The lowest BCUT2D eigenvalue weighted by Gasteiger charge is -2.04. The summed E-state index contributed by atoms with van der Waals surface area (Å²) in [5.41, 5.74) is 0.728. The molecule has 7 heteroatoms. The third-order valence-electron chi connectivity index (χ3n) is 3.20. The highest BCUT2D eigenvalue weighted by atomic mass is 32.2. The molecule has 24 heavy (non-hydrogen) atoms. The van der Waals surface area contributed by atoms with Crippen molar-refractivity contribution >= 4 is 15.8 Å². The maximum absolute atomic E-state index is 12.1. The number of sulfone groups is 1. The summed E-state index contributed by atoms with van der Waals surface area (Å²) in [4.78, 5) is 11.0. The summed E-state index contributed by atoms with van der Waals surface area (Å²) in [5, 5.41) is 18.3. The summed E-state index contributed by atoms with van der Waals surface area (Å²) in [6, 6.07) is 10.2. The second kappa shape index (κ2) is 7.18. The monoisotopic (exact) mass is 348 g/mol. The lowest BCUT2D eigenvalue weighted by molar-refractivity contribution is 0.0693. The van der Waals surface area contributed by atoms with E-state index in [1.54, 1.807) is 24.3 Å². The van der Waals surface area contributed by atoms with Crippen molar-refractivity contribution in [1.82, 2.24) is 0 Å². The second-order valence-electron chi connectivity index (χ2n) is 5.07. The van der Waals surface area contributed by atoms with Crippen LogP contribution in [-0.2, 0) is 9.84 Å². The van der Waals surface area contributed by atoms with Crippen molar-refractivity contribution in [2.24, 2.45) is 0 Å². The molecular weight excluding hydrogens is 332 g/mol. The van der Waals surface area contributed by atoms with E-state index in [0.717, 1.165) is 11.6 Å². The molecule has 126 valence electrons. The van der Waals surface area contributed by atoms with E-state index in [1.807, 2.05) is 6.92 Å². The molecule has 0 radical (unpaired) electrons. The number of ether oxygens (including phenoxy) is 1. The molecule has 0 atom stereocenters. The zero-order valence-corrected chi connectivity index (χ0v) is 13.7. The second-order valence-corrected chi connectivity index (χ2v) is 7.10. The Hall–Kier alpha value is -2.80. The Balaban J connectivity index is 2.01. The molecule has 0 saturated heterocycles. The Kier molecular flexibility index (Phi) is 5.25. The standard InChI is InChI=1S/C17H16O6S/c1-12-3-6-14(7-4-12)24(21,22)10-2-9-23-13-5-8-15(17(19)20)16(18)11-13/h2-9,11,18H,10H2,1H3,(H,19,20). The molecule has 2 aromatic carbocycles. The minimum atomic E-state index is -3.45. The highest BCUT2D eigenvalue weighted by Crippen LogP contribution is 2.23. The van der Waals surface area contributed by atoms with E-state index < -0.39 is 21.6 Å². The molecular formula is C17H16O6S. The highest BCUT2D eigenvalue weighted by molar-refractivity contribution is 7.91. The van der Waals surface area contributed by atoms with Crippen LogP contribution in [0.25, 0.3) is 0 Å². The van der Waals surface area contributed by atoms with Gasteiger partial charge in [-0.3, -0.25) is 0 Å². The van der Waals surface area contributed by atoms with Gasteiger partial charge in [0.15, 0.2) is 9.84 Å². The van der Waals surface area contributed by atoms with E-state index in [9.17, 15) is 18.3 Å². The van der Waals surface area contributed by atoms with Gasteiger partial charge in [-0.05, 0) is 37.3 Å². The summed E-state index contributed by atoms with van der Waals surface area (Å²) in [6.45, 7) is 1.87. The summed E-state index contributed by atoms with van der Waals surface area (Å²) < 4.78 is 29.4. The van der Waals surface area contributed by atoms with Gasteiger partial charge in [0, 0.05) is 6.07 Å². The quantitative estimate of drug-likeness (QED) is 0.779. The van der Waals surface area contributed by atoms with Gasteiger partial charge in [0.25, 0.3) is 0 Å². The molecule has 2 aromatic rings. The molecule has 0 saturated carbocycles. The fourth-order valence-electron chi connectivity index (χ4n) is 1.90. The average molecular weight is 348 g/mol. The molecule has 0 aliphatic carbocycles. The molecule has 2 rings (SSSR count). The molecule has 2 N–H and O–H groups in total. The number of hydrogen-bond acceptors (Lipinski definition) is 5.